The van der Waals surface area contributed by atoms with Crippen LogP contribution in [-0.4, -0.2) is 83.8 Å². The first-order valence-electron chi connectivity index (χ1n) is 12.9. The van der Waals surface area contributed by atoms with Crippen LogP contribution in [0.3, 0.4) is 0 Å². The number of carbonyl (C=O) groups excluding carboxylic acids is 1. The lowest BCUT2D eigenvalue weighted by Crippen LogP contribution is -2.60. The molecule has 0 amide bonds. The van der Waals surface area contributed by atoms with Crippen molar-refractivity contribution in [1.29, 1.82) is 0 Å². The van der Waals surface area contributed by atoms with Gasteiger partial charge in [0.15, 0.2) is 34.5 Å². The minimum atomic E-state index is -1.80. The van der Waals surface area contributed by atoms with Gasteiger partial charge in [0.1, 0.15) is 35.6 Å². The number of aliphatic hydroxyl groups excluding tert-OH is 3. The normalized spacial score (nSPS) is 22.1. The van der Waals surface area contributed by atoms with E-state index in [9.17, 15) is 45.3 Å². The second kappa shape index (κ2) is 12.0. The number of benzene rings is 3. The topological polar surface area (TPSA) is 221 Å². The molecule has 0 spiro atoms. The molecule has 1 fully saturated rings. The van der Waals surface area contributed by atoms with Crippen molar-refractivity contribution < 1.29 is 59.2 Å². The van der Waals surface area contributed by atoms with Crippen LogP contribution in [0, 0.1) is 0 Å². The Bertz CT molecular complexity index is 1680. The van der Waals surface area contributed by atoms with Crippen LogP contribution in [0.15, 0.2) is 76.0 Å². The van der Waals surface area contributed by atoms with Gasteiger partial charge in [0.05, 0.1) is 11.6 Å². The average Bonchev–Trinajstić information content (AvgIpc) is 2.98. The number of fused-ring (bicyclic) bond motifs is 1. The molecule has 13 nitrogen and oxygen atoms in total. The number of hydrogen-bond acceptors (Lipinski definition) is 12. The van der Waals surface area contributed by atoms with E-state index in [1.165, 1.54) is 42.5 Å². The van der Waals surface area contributed by atoms with Gasteiger partial charge in [0, 0.05) is 17.7 Å². The van der Waals surface area contributed by atoms with E-state index in [0.717, 1.165) is 18.2 Å². The van der Waals surface area contributed by atoms with Crippen molar-refractivity contribution in [3.05, 3.63) is 82.5 Å². The fraction of sp³-hybridized carbons (Fsp3) is 0.200. The molecule has 5 atom stereocenters. The quantitative estimate of drug-likeness (QED) is 0.0702. The highest BCUT2D eigenvalue weighted by Crippen LogP contribution is 2.43. The van der Waals surface area contributed by atoms with Crippen molar-refractivity contribution >= 4 is 12.0 Å². The molecule has 13 heteroatoms. The summed E-state index contributed by atoms with van der Waals surface area (Å²) >= 11 is 0. The molecule has 2 heterocycles. The lowest BCUT2D eigenvalue weighted by Gasteiger charge is -2.39. The predicted octanol–water partition coefficient (Wildman–Crippen LogP) is 1.65. The fourth-order valence-corrected chi connectivity index (χ4v) is 4.37. The minimum Gasteiger partial charge on any atom is -0.508 e. The Hall–Kier alpha value is -5.08. The summed E-state index contributed by atoms with van der Waals surface area (Å²) in [5, 5.41) is 71.2. The van der Waals surface area contributed by atoms with E-state index in [1.807, 2.05) is 0 Å². The van der Waals surface area contributed by atoms with Gasteiger partial charge >= 0.3 is 5.97 Å². The third kappa shape index (κ3) is 6.39. The molecule has 43 heavy (non-hydrogen) atoms. The molecule has 8 N–H and O–H groups in total. The lowest BCUT2D eigenvalue weighted by atomic mass is 9.99. The lowest BCUT2D eigenvalue weighted by molar-refractivity contribution is -0.276. The third-order valence-corrected chi connectivity index (χ3v) is 6.66. The molecule has 0 aromatic heterocycles. The van der Waals surface area contributed by atoms with Crippen LogP contribution in [0.4, 0.5) is 0 Å². The number of ether oxygens (including phenoxy) is 3. The maximum atomic E-state index is 12.0. The van der Waals surface area contributed by atoms with Crippen molar-refractivity contribution in [2.24, 2.45) is 0 Å². The number of phenolic OH excluding ortho intramolecular Hbond substituents is 4. The monoisotopic (exact) mass is 595 g/mol. The first kappa shape index (κ1) is 29.4. The van der Waals surface area contributed by atoms with Crippen LogP contribution in [0.1, 0.15) is 5.56 Å². The molecular formula is C30H27O13+. The van der Waals surface area contributed by atoms with Crippen LogP contribution in [-0.2, 0) is 9.47 Å². The molecule has 2 aliphatic heterocycles. The van der Waals surface area contributed by atoms with Gasteiger partial charge in [-0.3, -0.25) is 4.79 Å². The Labute approximate surface area is 242 Å². The molecule has 2 aromatic rings. The van der Waals surface area contributed by atoms with E-state index < -0.39 is 66.0 Å². The third-order valence-electron chi connectivity index (χ3n) is 6.66. The zero-order chi connectivity index (χ0) is 30.8. The molecule has 1 aliphatic carbocycles. The molecular weight excluding hydrogens is 568 g/mol. The Morgan fingerprint density at radius 3 is 2.33 bits per heavy atom. The molecule has 0 radical (unpaired) electrons. The smallest absolute Gasteiger partial charge is 0.508 e. The number of aliphatic hydroxyl groups is 3. The number of phenols is 4. The molecule has 1 saturated heterocycles. The van der Waals surface area contributed by atoms with Gasteiger partial charge < -0.3 is 59.2 Å². The number of esters is 1. The molecule has 0 unspecified atom stereocenters. The summed E-state index contributed by atoms with van der Waals surface area (Å²) in [5.41, 5.74) is 0.302. The zero-order valence-corrected chi connectivity index (χ0v) is 22.1. The summed E-state index contributed by atoms with van der Waals surface area (Å²) < 4.78 is 22.6. The first-order chi connectivity index (χ1) is 20.5. The molecule has 224 valence electrons. The van der Waals surface area contributed by atoms with Gasteiger partial charge in [0.2, 0.25) is 12.9 Å². The fourth-order valence-electron chi connectivity index (χ4n) is 4.37. The van der Waals surface area contributed by atoms with Gasteiger partial charge in [-0.25, -0.2) is 0 Å². The summed E-state index contributed by atoms with van der Waals surface area (Å²) in [6, 6.07) is 13.1. The minimum absolute atomic E-state index is 0.0434. The van der Waals surface area contributed by atoms with Crippen LogP contribution >= 0.6 is 0 Å². The second-order valence-electron chi connectivity index (χ2n) is 9.70. The van der Waals surface area contributed by atoms with Crippen molar-refractivity contribution in [3.63, 3.8) is 0 Å². The highest BCUT2D eigenvalue weighted by atomic mass is 16.7. The van der Waals surface area contributed by atoms with E-state index in [4.69, 9.17) is 18.6 Å². The van der Waals surface area contributed by atoms with Crippen molar-refractivity contribution in [2.45, 2.75) is 30.7 Å². The summed E-state index contributed by atoms with van der Waals surface area (Å²) in [6.07, 6.45) is -5.49. The Balaban J connectivity index is 1.40. The average molecular weight is 596 g/mol. The summed E-state index contributed by atoms with van der Waals surface area (Å²) in [5.74, 6) is -2.17. The van der Waals surface area contributed by atoms with Crippen molar-refractivity contribution in [2.75, 3.05) is 6.61 Å². The van der Waals surface area contributed by atoms with E-state index >= 15 is 0 Å². The first-order valence-corrected chi connectivity index (χ1v) is 12.9. The number of rotatable bonds is 7. The van der Waals surface area contributed by atoms with Crippen LogP contribution in [0.2, 0.25) is 0 Å². The van der Waals surface area contributed by atoms with Crippen molar-refractivity contribution in [1.82, 2.24) is 0 Å². The largest absolute Gasteiger partial charge is 0.510 e. The molecule has 0 bridgehead atoms. The van der Waals surface area contributed by atoms with Crippen LogP contribution in [0.5, 0.6) is 28.7 Å². The van der Waals surface area contributed by atoms with E-state index in [0.29, 0.717) is 5.56 Å². The zero-order valence-electron chi connectivity index (χ0n) is 22.1. The Kier molecular flexibility index (Phi) is 8.23. The summed E-state index contributed by atoms with van der Waals surface area (Å²) in [4.78, 5) is 22.1. The highest BCUT2D eigenvalue weighted by Gasteiger charge is 2.47. The second-order valence-corrected chi connectivity index (χ2v) is 9.70. The highest BCUT2D eigenvalue weighted by molar-refractivity contribution is 5.88. The summed E-state index contributed by atoms with van der Waals surface area (Å²) in [6.45, 7) is -0.482. The maximum absolute atomic E-state index is 12.0. The Morgan fingerprint density at radius 1 is 0.860 bits per heavy atom. The number of hydrogen-bond donors (Lipinski definition) is 7. The number of aromatic hydroxyl groups is 4. The van der Waals surface area contributed by atoms with Crippen LogP contribution < -0.4 is 10.2 Å². The van der Waals surface area contributed by atoms with Crippen molar-refractivity contribution in [3.8, 4) is 51.4 Å². The van der Waals surface area contributed by atoms with Gasteiger partial charge in [-0.15, -0.1) is 0 Å². The molecule has 3 aliphatic rings. The van der Waals surface area contributed by atoms with E-state index in [-0.39, 0.29) is 34.1 Å². The maximum Gasteiger partial charge on any atom is 0.510 e. The van der Waals surface area contributed by atoms with Gasteiger partial charge in [-0.05, 0) is 48.0 Å². The molecule has 0 saturated carbocycles. The van der Waals surface area contributed by atoms with Gasteiger partial charge in [0.25, 0.3) is 0 Å². The Morgan fingerprint density at radius 2 is 1.60 bits per heavy atom. The van der Waals surface area contributed by atoms with Gasteiger partial charge in [-0.1, -0.05) is 12.1 Å². The van der Waals surface area contributed by atoms with Gasteiger partial charge in [-0.2, -0.15) is 0 Å². The van der Waals surface area contributed by atoms with E-state index in [2.05, 4.69) is 0 Å². The molecule has 2 aromatic carbocycles. The van der Waals surface area contributed by atoms with E-state index in [1.54, 1.807) is 12.1 Å². The van der Waals surface area contributed by atoms with Crippen LogP contribution in [0.25, 0.3) is 28.7 Å². The molecule has 5 rings (SSSR count). The predicted molar refractivity (Wildman–Crippen MR) is 149 cm³/mol. The standard InChI is InChI=1S/C30H26O13/c31-16-5-1-14(2-6-16)3-8-25(36)40-13-24-26(37)27(38)28(39)30(43-24)42-23-12-18-20(34)10-17(32)11-22(18)41-29(23)15-4-7-19(33)21(35)9-15/h1-12,24,26-28,30-31,33-35,37-39H,13H2/p+1/t24-,26+,27+,28-,30-/m1/s1. The summed E-state index contributed by atoms with van der Waals surface area (Å²) in [7, 11) is 0. The SMILES string of the molecule is O=c1cc2oc(-c3ccc(O)c(O)c3)c(O[C@@H]3O[C@H](COC(=[OH+])C=Cc4ccc(O)cc4)[C@H](O)[C@H](O)[C@H]3O)cc-2c(O)c1.